The summed E-state index contributed by atoms with van der Waals surface area (Å²) in [5.41, 5.74) is -5.29. The lowest BCUT2D eigenvalue weighted by Crippen LogP contribution is -2.54. The van der Waals surface area contributed by atoms with E-state index in [1.165, 1.54) is 24.3 Å². The summed E-state index contributed by atoms with van der Waals surface area (Å²) in [6.07, 6.45) is -15.7. The molecule has 0 heterocycles. The van der Waals surface area contributed by atoms with Gasteiger partial charge in [-0.15, -0.1) is 0 Å². The average molecular weight is 430 g/mol. The molecule has 1 aromatic carbocycles. The van der Waals surface area contributed by atoms with E-state index in [-0.39, 0.29) is 5.56 Å². The molecule has 1 atom stereocenters. The fourth-order valence-electron chi connectivity index (χ4n) is 1.66. The molecule has 120 valence electrons. The Morgan fingerprint density at radius 2 is 1.38 bits per heavy atom. The highest BCUT2D eigenvalue weighted by atomic mass is 127. The SMILES string of the molecule is COC(CC(F)(C(F)(F)F)C(F)(F)F)c1ccc(I)cc1. The molecule has 0 aromatic heterocycles. The largest absolute Gasteiger partial charge is 0.431 e. The summed E-state index contributed by atoms with van der Waals surface area (Å²) in [6, 6.07) is 5.54. The Morgan fingerprint density at radius 1 is 0.952 bits per heavy atom. The molecule has 0 radical (unpaired) electrons. The van der Waals surface area contributed by atoms with Crippen LogP contribution in [0.25, 0.3) is 0 Å². The second-order valence-electron chi connectivity index (χ2n) is 4.28. The quantitative estimate of drug-likeness (QED) is 0.472. The van der Waals surface area contributed by atoms with E-state index < -0.39 is 30.5 Å². The highest BCUT2D eigenvalue weighted by molar-refractivity contribution is 14.1. The van der Waals surface area contributed by atoms with Crippen LogP contribution >= 0.6 is 22.6 Å². The van der Waals surface area contributed by atoms with Crippen LogP contribution in [0.4, 0.5) is 30.7 Å². The van der Waals surface area contributed by atoms with Crippen molar-refractivity contribution in [3.05, 3.63) is 33.4 Å². The number of methoxy groups -OCH3 is 1. The van der Waals surface area contributed by atoms with Gasteiger partial charge in [0.15, 0.2) is 0 Å². The zero-order chi connectivity index (χ0) is 16.5. The second kappa shape index (κ2) is 6.27. The Morgan fingerprint density at radius 3 is 1.71 bits per heavy atom. The van der Waals surface area contributed by atoms with Crippen LogP contribution < -0.4 is 0 Å². The van der Waals surface area contributed by atoms with Crippen molar-refractivity contribution < 1.29 is 35.5 Å². The molecule has 0 aliphatic rings. The van der Waals surface area contributed by atoms with E-state index in [9.17, 15) is 30.7 Å². The van der Waals surface area contributed by atoms with Crippen molar-refractivity contribution >= 4 is 22.6 Å². The molecule has 1 unspecified atom stereocenters. The average Bonchev–Trinajstić information content (AvgIpc) is 2.34. The van der Waals surface area contributed by atoms with Crippen LogP contribution in [0.3, 0.4) is 0 Å². The van der Waals surface area contributed by atoms with Gasteiger partial charge in [0.25, 0.3) is 0 Å². The summed E-state index contributed by atoms with van der Waals surface area (Å²) in [5.74, 6) is 0. The van der Waals surface area contributed by atoms with Gasteiger partial charge in [0.05, 0.1) is 6.10 Å². The molecular weight excluding hydrogens is 420 g/mol. The number of hydrogen-bond acceptors (Lipinski definition) is 1. The van der Waals surface area contributed by atoms with Crippen LogP contribution in [0.5, 0.6) is 0 Å². The molecule has 0 saturated heterocycles. The molecule has 0 aliphatic carbocycles. The molecule has 1 rings (SSSR count). The highest BCUT2D eigenvalue weighted by Gasteiger charge is 2.72. The molecule has 0 N–H and O–H groups in total. The van der Waals surface area contributed by atoms with Gasteiger partial charge in [0, 0.05) is 17.1 Å². The molecule has 0 spiro atoms. The van der Waals surface area contributed by atoms with Gasteiger partial charge in [-0.25, -0.2) is 4.39 Å². The Balaban J connectivity index is 3.15. The van der Waals surface area contributed by atoms with Gasteiger partial charge in [-0.1, -0.05) is 12.1 Å². The van der Waals surface area contributed by atoms with Crippen LogP contribution in [0.2, 0.25) is 0 Å². The van der Waals surface area contributed by atoms with Crippen LogP contribution in [0, 0.1) is 3.57 Å². The van der Waals surface area contributed by atoms with Crippen LogP contribution in [-0.2, 0) is 4.74 Å². The number of rotatable bonds is 4. The molecule has 0 aliphatic heterocycles. The summed E-state index contributed by atoms with van der Waals surface area (Å²) in [4.78, 5) is 0. The lowest BCUT2D eigenvalue weighted by Gasteiger charge is -2.32. The van der Waals surface area contributed by atoms with Crippen molar-refractivity contribution in [2.75, 3.05) is 7.11 Å². The van der Waals surface area contributed by atoms with Crippen LogP contribution in [0.15, 0.2) is 24.3 Å². The first kappa shape index (κ1) is 18.5. The van der Waals surface area contributed by atoms with Crippen molar-refractivity contribution in [1.82, 2.24) is 0 Å². The lowest BCUT2D eigenvalue weighted by atomic mass is 9.93. The summed E-state index contributed by atoms with van der Waals surface area (Å²) in [5, 5.41) is 0. The van der Waals surface area contributed by atoms with Crippen molar-refractivity contribution in [2.45, 2.75) is 30.5 Å². The maximum Gasteiger partial charge on any atom is 0.431 e. The summed E-state index contributed by atoms with van der Waals surface area (Å²) >= 11 is 1.91. The fraction of sp³-hybridized carbons (Fsp3) is 0.500. The number of ether oxygens (including phenoxy) is 1. The van der Waals surface area contributed by atoms with Gasteiger partial charge >= 0.3 is 18.0 Å². The van der Waals surface area contributed by atoms with Gasteiger partial charge in [-0.3, -0.25) is 0 Å². The topological polar surface area (TPSA) is 9.23 Å². The summed E-state index contributed by atoms with van der Waals surface area (Å²) in [7, 11) is 0.926. The molecule has 9 heteroatoms. The second-order valence-corrected chi connectivity index (χ2v) is 5.52. The standard InChI is InChI=1S/C12H10F7IO/c1-21-9(7-2-4-8(20)5-3-7)6-10(13,11(14,15)16)12(17,18)19/h2-5,9H,6H2,1H3. The van der Waals surface area contributed by atoms with Crippen molar-refractivity contribution in [1.29, 1.82) is 0 Å². The highest BCUT2D eigenvalue weighted by Crippen LogP contribution is 2.51. The van der Waals surface area contributed by atoms with Gasteiger partial charge in [-0.2, -0.15) is 26.3 Å². The van der Waals surface area contributed by atoms with Crippen LogP contribution in [0.1, 0.15) is 18.1 Å². The summed E-state index contributed by atoms with van der Waals surface area (Å²) in [6.45, 7) is 0. The molecule has 0 bridgehead atoms. The maximum atomic E-state index is 13.7. The summed E-state index contributed by atoms with van der Waals surface area (Å²) < 4.78 is 94.2. The Hall–Kier alpha value is -0.580. The molecule has 21 heavy (non-hydrogen) atoms. The first-order chi connectivity index (χ1) is 9.42. The number of hydrogen-bond donors (Lipinski definition) is 0. The normalized spacial score (nSPS) is 15.1. The van der Waals surface area contributed by atoms with Gasteiger partial charge in [0.1, 0.15) is 0 Å². The number of alkyl halides is 7. The lowest BCUT2D eigenvalue weighted by molar-refractivity contribution is -0.348. The van der Waals surface area contributed by atoms with Crippen molar-refractivity contribution in [3.63, 3.8) is 0 Å². The van der Waals surface area contributed by atoms with Gasteiger partial charge in [-0.05, 0) is 40.3 Å². The van der Waals surface area contributed by atoms with Gasteiger partial charge < -0.3 is 4.74 Å². The molecule has 1 nitrogen and oxygen atoms in total. The number of halogens is 8. The zero-order valence-corrected chi connectivity index (χ0v) is 12.7. The predicted octanol–water partition coefficient (Wildman–Crippen LogP) is 5.20. The monoisotopic (exact) mass is 430 g/mol. The van der Waals surface area contributed by atoms with Crippen molar-refractivity contribution in [2.24, 2.45) is 0 Å². The third-order valence-corrected chi connectivity index (χ3v) is 3.61. The van der Waals surface area contributed by atoms with Gasteiger partial charge in [0.2, 0.25) is 0 Å². The maximum absolute atomic E-state index is 13.7. The minimum atomic E-state index is -6.08. The molecule has 1 aromatic rings. The first-order valence-corrected chi connectivity index (χ1v) is 6.61. The minimum absolute atomic E-state index is 0.0356. The van der Waals surface area contributed by atoms with E-state index in [0.29, 0.717) is 0 Å². The van der Waals surface area contributed by atoms with E-state index in [0.717, 1.165) is 10.7 Å². The minimum Gasteiger partial charge on any atom is -0.377 e. The first-order valence-electron chi connectivity index (χ1n) is 5.53. The van der Waals surface area contributed by atoms with E-state index in [4.69, 9.17) is 0 Å². The van der Waals surface area contributed by atoms with E-state index >= 15 is 0 Å². The molecule has 0 fully saturated rings. The Kier molecular flexibility index (Phi) is 5.51. The van der Waals surface area contributed by atoms with E-state index in [1.54, 1.807) is 0 Å². The van der Waals surface area contributed by atoms with E-state index in [1.807, 2.05) is 22.6 Å². The predicted molar refractivity (Wildman–Crippen MR) is 69.5 cm³/mol. The Bertz CT molecular complexity index is 452. The van der Waals surface area contributed by atoms with Crippen LogP contribution in [-0.4, -0.2) is 25.1 Å². The molecule has 0 saturated carbocycles. The smallest absolute Gasteiger partial charge is 0.377 e. The number of benzene rings is 1. The van der Waals surface area contributed by atoms with E-state index in [2.05, 4.69) is 4.74 Å². The Labute approximate surface area is 129 Å². The molecular formula is C12H10F7IO. The van der Waals surface area contributed by atoms with Crippen molar-refractivity contribution in [3.8, 4) is 0 Å². The third kappa shape index (κ3) is 3.99. The fourth-order valence-corrected chi connectivity index (χ4v) is 2.02. The zero-order valence-electron chi connectivity index (χ0n) is 10.5. The third-order valence-electron chi connectivity index (χ3n) is 2.89. The molecule has 0 amide bonds.